The summed E-state index contributed by atoms with van der Waals surface area (Å²) in [5.41, 5.74) is 3.42. The van der Waals surface area contributed by atoms with Crippen molar-refractivity contribution in [3.63, 3.8) is 0 Å². The Hall–Kier alpha value is -2.86. The van der Waals surface area contributed by atoms with Crippen LogP contribution in [0, 0.1) is 13.8 Å². The number of benzene rings is 2. The van der Waals surface area contributed by atoms with E-state index >= 15 is 0 Å². The van der Waals surface area contributed by atoms with E-state index in [1.54, 1.807) is 31.2 Å². The van der Waals surface area contributed by atoms with Crippen LogP contribution >= 0.6 is 0 Å². The van der Waals surface area contributed by atoms with Gasteiger partial charge in [-0.15, -0.1) is 0 Å². The van der Waals surface area contributed by atoms with Crippen molar-refractivity contribution in [3.05, 3.63) is 59.2 Å². The minimum Gasteiger partial charge on any atom is -0.479 e. The number of esters is 1. The van der Waals surface area contributed by atoms with Crippen molar-refractivity contribution >= 4 is 17.6 Å². The van der Waals surface area contributed by atoms with Crippen LogP contribution in [0.2, 0.25) is 0 Å². The van der Waals surface area contributed by atoms with Crippen LogP contribution in [-0.4, -0.2) is 38.3 Å². The number of carbonyl (C=O) groups excluding carboxylic acids is 2. The molecule has 0 aromatic heterocycles. The minimum absolute atomic E-state index is 0.181. The van der Waals surface area contributed by atoms with Crippen molar-refractivity contribution in [1.29, 1.82) is 0 Å². The number of nitrogens with one attached hydrogen (secondary N) is 1. The molecular weight excluding hydrogens is 346 g/mol. The lowest BCUT2D eigenvalue weighted by Gasteiger charge is -2.14. The van der Waals surface area contributed by atoms with Crippen molar-refractivity contribution < 1.29 is 23.8 Å². The van der Waals surface area contributed by atoms with Gasteiger partial charge in [-0.2, -0.15) is 0 Å². The Morgan fingerprint density at radius 3 is 2.37 bits per heavy atom. The van der Waals surface area contributed by atoms with E-state index in [0.29, 0.717) is 17.9 Å². The Morgan fingerprint density at radius 1 is 1.04 bits per heavy atom. The van der Waals surface area contributed by atoms with Crippen LogP contribution in [0.3, 0.4) is 0 Å². The molecule has 0 aliphatic heterocycles. The van der Waals surface area contributed by atoms with Gasteiger partial charge in [-0.25, -0.2) is 4.79 Å². The van der Waals surface area contributed by atoms with Crippen molar-refractivity contribution in [2.45, 2.75) is 26.9 Å². The molecule has 0 fully saturated rings. The standard InChI is InChI=1S/C21H25NO5/c1-14-5-10-19(15(2)13-14)22-20(23)17-6-8-18(9-7-17)27-16(3)21(24)26-12-11-25-4/h5-10,13,16H,11-12H2,1-4H3,(H,22,23)/t16-/m1/s1. The summed E-state index contributed by atoms with van der Waals surface area (Å²) in [5.74, 6) is -0.196. The van der Waals surface area contributed by atoms with Crippen LogP contribution in [0.5, 0.6) is 5.75 Å². The summed E-state index contributed by atoms with van der Waals surface area (Å²) in [5, 5.41) is 2.90. The number of anilines is 1. The second-order valence-corrected chi connectivity index (χ2v) is 6.22. The monoisotopic (exact) mass is 371 g/mol. The first-order valence-corrected chi connectivity index (χ1v) is 8.71. The molecule has 0 saturated carbocycles. The van der Waals surface area contributed by atoms with Crippen molar-refractivity contribution in [1.82, 2.24) is 0 Å². The van der Waals surface area contributed by atoms with Crippen LogP contribution in [0.4, 0.5) is 5.69 Å². The molecule has 2 rings (SSSR count). The van der Waals surface area contributed by atoms with E-state index in [1.807, 2.05) is 32.0 Å². The molecule has 1 N–H and O–H groups in total. The van der Waals surface area contributed by atoms with Crippen molar-refractivity contribution in [2.75, 3.05) is 25.6 Å². The summed E-state index contributed by atoms with van der Waals surface area (Å²) in [6.45, 7) is 6.08. The van der Waals surface area contributed by atoms with Gasteiger partial charge in [-0.3, -0.25) is 4.79 Å². The first-order chi connectivity index (χ1) is 12.9. The number of hydrogen-bond acceptors (Lipinski definition) is 5. The number of carbonyl (C=O) groups is 2. The summed E-state index contributed by atoms with van der Waals surface area (Å²) in [6.07, 6.45) is -0.753. The topological polar surface area (TPSA) is 73.9 Å². The molecule has 0 unspecified atom stereocenters. The molecule has 0 saturated heterocycles. The van der Waals surface area contributed by atoms with Crippen LogP contribution in [0.25, 0.3) is 0 Å². The van der Waals surface area contributed by atoms with Crippen LogP contribution < -0.4 is 10.1 Å². The lowest BCUT2D eigenvalue weighted by Crippen LogP contribution is -2.27. The molecule has 1 amide bonds. The summed E-state index contributed by atoms with van der Waals surface area (Å²) in [4.78, 5) is 24.2. The van der Waals surface area contributed by atoms with E-state index in [-0.39, 0.29) is 12.5 Å². The van der Waals surface area contributed by atoms with E-state index in [1.165, 1.54) is 7.11 Å². The molecule has 0 radical (unpaired) electrons. The summed E-state index contributed by atoms with van der Waals surface area (Å²) in [7, 11) is 1.53. The second-order valence-electron chi connectivity index (χ2n) is 6.22. The smallest absolute Gasteiger partial charge is 0.347 e. The van der Waals surface area contributed by atoms with Gasteiger partial charge in [-0.1, -0.05) is 17.7 Å². The molecule has 144 valence electrons. The van der Waals surface area contributed by atoms with Gasteiger partial charge in [0.05, 0.1) is 6.61 Å². The highest BCUT2D eigenvalue weighted by Crippen LogP contribution is 2.19. The lowest BCUT2D eigenvalue weighted by molar-refractivity contribution is -0.152. The first-order valence-electron chi connectivity index (χ1n) is 8.71. The van der Waals surface area contributed by atoms with Crippen molar-refractivity contribution in [3.8, 4) is 5.75 Å². The van der Waals surface area contributed by atoms with Gasteiger partial charge in [0.2, 0.25) is 0 Å². The molecule has 2 aromatic rings. The second kappa shape index (κ2) is 9.73. The van der Waals surface area contributed by atoms with Gasteiger partial charge >= 0.3 is 5.97 Å². The summed E-state index contributed by atoms with van der Waals surface area (Å²) < 4.78 is 15.4. The molecule has 0 aliphatic rings. The predicted octanol–water partition coefficient (Wildman–Crippen LogP) is 3.51. The molecule has 6 heteroatoms. The van der Waals surface area contributed by atoms with E-state index < -0.39 is 12.1 Å². The van der Waals surface area contributed by atoms with Gasteiger partial charge in [-0.05, 0) is 56.7 Å². The molecule has 1 atom stereocenters. The number of methoxy groups -OCH3 is 1. The molecule has 0 heterocycles. The Morgan fingerprint density at radius 2 is 1.74 bits per heavy atom. The SMILES string of the molecule is COCCOC(=O)[C@@H](C)Oc1ccc(C(=O)Nc2ccc(C)cc2C)cc1. The Bertz CT molecular complexity index is 786. The minimum atomic E-state index is -0.753. The van der Waals surface area contributed by atoms with Crippen LogP contribution in [0.15, 0.2) is 42.5 Å². The maximum Gasteiger partial charge on any atom is 0.347 e. The fourth-order valence-electron chi connectivity index (χ4n) is 2.43. The van der Waals surface area contributed by atoms with E-state index in [0.717, 1.165) is 16.8 Å². The highest BCUT2D eigenvalue weighted by molar-refractivity contribution is 6.04. The largest absolute Gasteiger partial charge is 0.479 e. The molecule has 0 spiro atoms. The van der Waals surface area contributed by atoms with Gasteiger partial charge in [0.1, 0.15) is 12.4 Å². The maximum absolute atomic E-state index is 12.4. The third-order valence-corrected chi connectivity index (χ3v) is 3.92. The predicted molar refractivity (Wildman–Crippen MR) is 103 cm³/mol. The number of hydrogen-bond donors (Lipinski definition) is 1. The third-order valence-electron chi connectivity index (χ3n) is 3.92. The molecule has 6 nitrogen and oxygen atoms in total. The number of amides is 1. The van der Waals surface area contributed by atoms with Crippen LogP contribution in [-0.2, 0) is 14.3 Å². The maximum atomic E-state index is 12.4. The summed E-state index contributed by atoms with van der Waals surface area (Å²) >= 11 is 0. The zero-order chi connectivity index (χ0) is 19.8. The Labute approximate surface area is 159 Å². The fourth-order valence-corrected chi connectivity index (χ4v) is 2.43. The lowest BCUT2D eigenvalue weighted by atomic mass is 10.1. The molecule has 2 aromatic carbocycles. The van der Waals surface area contributed by atoms with Gasteiger partial charge in [0, 0.05) is 18.4 Å². The number of ether oxygens (including phenoxy) is 3. The molecule has 0 aliphatic carbocycles. The molecular formula is C21H25NO5. The average molecular weight is 371 g/mol. The Kier molecular flexibility index (Phi) is 7.37. The average Bonchev–Trinajstić information content (AvgIpc) is 2.64. The van der Waals surface area contributed by atoms with Gasteiger partial charge in [0.25, 0.3) is 5.91 Å². The zero-order valence-electron chi connectivity index (χ0n) is 16.1. The van der Waals surface area contributed by atoms with E-state index in [9.17, 15) is 9.59 Å². The summed E-state index contributed by atoms with van der Waals surface area (Å²) in [6, 6.07) is 12.4. The quantitative estimate of drug-likeness (QED) is 0.568. The number of rotatable bonds is 8. The van der Waals surface area contributed by atoms with Crippen molar-refractivity contribution in [2.24, 2.45) is 0 Å². The highest BCUT2D eigenvalue weighted by atomic mass is 16.6. The van der Waals surface area contributed by atoms with Gasteiger partial charge in [0.15, 0.2) is 6.10 Å². The first kappa shape index (κ1) is 20.5. The highest BCUT2D eigenvalue weighted by Gasteiger charge is 2.16. The van der Waals surface area contributed by atoms with E-state index in [4.69, 9.17) is 14.2 Å². The zero-order valence-corrected chi connectivity index (χ0v) is 16.1. The van der Waals surface area contributed by atoms with E-state index in [2.05, 4.69) is 5.32 Å². The van der Waals surface area contributed by atoms with Crippen LogP contribution in [0.1, 0.15) is 28.4 Å². The third kappa shape index (κ3) is 6.11. The Balaban J connectivity index is 1.93. The number of aryl methyl sites for hydroxylation is 2. The molecule has 0 bridgehead atoms. The normalized spacial score (nSPS) is 11.6. The fraction of sp³-hybridized carbons (Fsp3) is 0.333. The van der Waals surface area contributed by atoms with Gasteiger partial charge < -0.3 is 19.5 Å². The molecule has 27 heavy (non-hydrogen) atoms.